The van der Waals surface area contributed by atoms with E-state index < -0.39 is 0 Å². The third-order valence-corrected chi connectivity index (χ3v) is 32.2. The van der Waals surface area contributed by atoms with Gasteiger partial charge in [-0.05, 0) is 218 Å². The SMILES string of the molecule is c1ccc(-n2c3ccccc3c3ccc(-c4ccc5c(c4)c4ccccc4n5-c4cc5c6c(c4)Oc4ccccc4B6c4ccccc4O5)cc32)cc1.c1ccc2c(c1)Oc1cc(-n3c4ccccc4c4cc(-c5ccc6oc7ccccc7c6c5)ccc43)cc3c1B2c1ccccc1O3.c1ccc2c(c1)Oc1cc(-n3c4ccccc4c4cc(-c5ccc6sc7ccccc7c6c5)ccc43)cc3c1B2c1ccccc1O3. The molecule has 34 rings (SSSR count). The second-order valence-electron chi connectivity index (χ2n) is 39.0. The molecule has 0 radical (unpaired) electrons. The van der Waals surface area contributed by atoms with E-state index >= 15 is 0 Å². The molecule has 0 N–H and O–H groups in total. The lowest BCUT2D eigenvalue weighted by atomic mass is 9.35. The Balaban J connectivity index is 0.0000000982. The average molecular weight is 1900 g/mol. The zero-order chi connectivity index (χ0) is 95.9. The molecule has 6 aliphatic rings. The van der Waals surface area contributed by atoms with Gasteiger partial charge in [0.1, 0.15) is 80.2 Å². The molecule has 6 aliphatic heterocycles. The van der Waals surface area contributed by atoms with Crippen LogP contribution in [0.15, 0.2) is 472 Å². The van der Waals surface area contributed by atoms with E-state index in [1.165, 1.54) is 107 Å². The van der Waals surface area contributed by atoms with Gasteiger partial charge in [0.2, 0.25) is 0 Å². The maximum absolute atomic E-state index is 6.68. The van der Waals surface area contributed by atoms with Crippen LogP contribution >= 0.6 is 11.3 Å². The summed E-state index contributed by atoms with van der Waals surface area (Å²) in [5.74, 6) is 10.4. The van der Waals surface area contributed by atoms with Crippen molar-refractivity contribution in [1.82, 2.24) is 18.3 Å². The molecule has 0 spiro atoms. The molecule has 6 aromatic heterocycles. The maximum Gasteiger partial charge on any atom is 0.260 e. The van der Waals surface area contributed by atoms with Crippen molar-refractivity contribution in [2.75, 3.05) is 0 Å². The first-order valence-electron chi connectivity index (χ1n) is 50.0. The number of nitrogens with zero attached hydrogens (tertiary/aromatic N) is 4. The van der Waals surface area contributed by atoms with Gasteiger partial charge in [0, 0.05) is 133 Å². The maximum atomic E-state index is 6.68. The number of benzene rings is 22. The van der Waals surface area contributed by atoms with Crippen molar-refractivity contribution in [3.8, 4) is 125 Å². The van der Waals surface area contributed by atoms with Gasteiger partial charge in [-0.25, -0.2) is 0 Å². The summed E-state index contributed by atoms with van der Waals surface area (Å²) in [7, 11) is 0. The Morgan fingerprint density at radius 2 is 0.422 bits per heavy atom. The fourth-order valence-electron chi connectivity index (χ4n) is 24.6. The molecule has 11 nitrogen and oxygen atoms in total. The third kappa shape index (κ3) is 12.5. The molecule has 0 atom stereocenters. The van der Waals surface area contributed by atoms with Crippen molar-refractivity contribution >= 4 is 210 Å². The standard InChI is InChI=1S/C48H29BN2O2.C42H24BNO3.C42H24BNO2S/c1-2-12-32(13-3-1)50-40-18-8-4-14-34(40)36-24-22-31(27-43(36)50)30-23-25-42-37(26-30)35-15-5-9-19-41(35)51(42)33-28-46-48-47(29-33)53-45-21-11-7-17-39(45)49(48)38-16-6-10-20-44(38)52-46;1-5-13-34-28(9-1)30-21-25(26-18-20-37-31(22-26)29-10-2-6-14-36(29)45-37)17-19-35(30)44(34)27-23-40-42-41(24-27)47-39-16-8-4-12-33(39)43(42)32-11-3-7-15-38(32)46-40;1-5-13-34-28(9-1)30-21-25(26-18-20-41-31(22-26)29-10-2-8-16-40(29)47-41)17-19-35(30)44(34)27-23-38-42-39(24-27)46-37-15-7-4-12-33(37)43(42)32-11-3-6-14-36(32)45-38/h1-29H;2*1-24H. The molecule has 0 unspecified atom stereocenters. The van der Waals surface area contributed by atoms with E-state index in [0.717, 1.165) is 196 Å². The largest absolute Gasteiger partial charge is 0.458 e. The quantitative estimate of drug-likeness (QED) is 0.147. The van der Waals surface area contributed by atoms with Gasteiger partial charge in [-0.3, -0.25) is 0 Å². The highest BCUT2D eigenvalue weighted by molar-refractivity contribution is 7.25. The minimum Gasteiger partial charge on any atom is -0.458 e. The predicted octanol–water partition coefficient (Wildman–Crippen LogP) is 28.9. The molecule has 15 heteroatoms. The number of aromatic nitrogens is 4. The predicted molar refractivity (Wildman–Crippen MR) is 606 cm³/mol. The highest BCUT2D eigenvalue weighted by Gasteiger charge is 2.45. The number of ether oxygens (including phenoxy) is 6. The van der Waals surface area contributed by atoms with Gasteiger partial charge >= 0.3 is 0 Å². The van der Waals surface area contributed by atoms with Gasteiger partial charge in [0.05, 0.1) is 61.2 Å². The number of furan rings is 1. The van der Waals surface area contributed by atoms with Gasteiger partial charge in [-0.15, -0.1) is 11.3 Å². The Morgan fingerprint density at radius 3 is 0.823 bits per heavy atom. The summed E-state index contributed by atoms with van der Waals surface area (Å²) in [4.78, 5) is 0. The van der Waals surface area contributed by atoms with Crippen LogP contribution in [0.4, 0.5) is 0 Å². The van der Waals surface area contributed by atoms with E-state index in [1.54, 1.807) is 0 Å². The lowest BCUT2D eigenvalue weighted by Crippen LogP contribution is -2.57. The van der Waals surface area contributed by atoms with Gasteiger partial charge in [-0.1, -0.05) is 279 Å². The van der Waals surface area contributed by atoms with Crippen molar-refractivity contribution in [2.45, 2.75) is 0 Å². The van der Waals surface area contributed by atoms with Crippen molar-refractivity contribution < 1.29 is 32.8 Å². The first-order valence-corrected chi connectivity index (χ1v) is 50.8. The second kappa shape index (κ2) is 31.8. The topological polar surface area (TPSA) is 88.2 Å². The van der Waals surface area contributed by atoms with Crippen LogP contribution in [0.25, 0.3) is 185 Å². The Hall–Kier alpha value is -18.9. The normalized spacial score (nSPS) is 12.9. The zero-order valence-corrected chi connectivity index (χ0v) is 79.6. The molecule has 682 valence electrons. The fraction of sp³-hybridized carbons (Fsp3) is 0. The van der Waals surface area contributed by atoms with Crippen molar-refractivity contribution in [3.05, 3.63) is 467 Å². The number of fused-ring (bicyclic) bond motifs is 30. The van der Waals surface area contributed by atoms with E-state index in [2.05, 4.69) is 437 Å². The summed E-state index contributed by atoms with van der Waals surface area (Å²) >= 11 is 1.86. The summed E-state index contributed by atoms with van der Waals surface area (Å²) in [5.41, 5.74) is 32.6. The lowest BCUT2D eigenvalue weighted by molar-refractivity contribution is 0.463. The molecule has 147 heavy (non-hydrogen) atoms. The van der Waals surface area contributed by atoms with Crippen LogP contribution < -0.4 is 77.6 Å². The molecule has 0 saturated heterocycles. The molecule has 22 aromatic carbocycles. The Morgan fingerprint density at radius 1 is 0.156 bits per heavy atom. The van der Waals surface area contributed by atoms with Gasteiger partial charge < -0.3 is 51.1 Å². The molecule has 0 fully saturated rings. The third-order valence-electron chi connectivity index (χ3n) is 31.1. The van der Waals surface area contributed by atoms with Crippen LogP contribution in [-0.2, 0) is 0 Å². The highest BCUT2D eigenvalue weighted by atomic mass is 32.1. The van der Waals surface area contributed by atoms with Crippen LogP contribution in [0, 0.1) is 0 Å². The summed E-state index contributed by atoms with van der Waals surface area (Å²) in [6.07, 6.45) is 0. The number of thiophene rings is 1. The van der Waals surface area contributed by atoms with Crippen LogP contribution in [-0.4, -0.2) is 38.4 Å². The van der Waals surface area contributed by atoms with E-state index in [9.17, 15) is 0 Å². The first-order chi connectivity index (χ1) is 72.8. The average Bonchev–Trinajstić information content (AvgIpc) is 1.71. The molecule has 0 saturated carbocycles. The lowest BCUT2D eigenvalue weighted by Gasteiger charge is -2.33. The Bertz CT molecular complexity index is 9980. The number of hydrogen-bond donors (Lipinski definition) is 0. The molecule has 12 heterocycles. The Labute approximate surface area is 847 Å². The smallest absolute Gasteiger partial charge is 0.260 e. The Kier molecular flexibility index (Phi) is 17.7. The summed E-state index contributed by atoms with van der Waals surface area (Å²) < 4.78 is 58.1. The zero-order valence-electron chi connectivity index (χ0n) is 78.7. The van der Waals surface area contributed by atoms with E-state index in [1.807, 2.05) is 59.9 Å². The van der Waals surface area contributed by atoms with Crippen molar-refractivity contribution in [2.24, 2.45) is 0 Å². The van der Waals surface area contributed by atoms with Crippen LogP contribution in [0.1, 0.15) is 0 Å². The molecular weight excluding hydrogens is 1820 g/mol. The molecular formula is C132H77B3N4O7S. The highest BCUT2D eigenvalue weighted by Crippen LogP contribution is 2.49. The van der Waals surface area contributed by atoms with Gasteiger partial charge in [-0.2, -0.15) is 0 Å². The van der Waals surface area contributed by atoms with Gasteiger partial charge in [0.25, 0.3) is 20.1 Å². The van der Waals surface area contributed by atoms with Crippen LogP contribution in [0.3, 0.4) is 0 Å². The van der Waals surface area contributed by atoms with E-state index in [-0.39, 0.29) is 20.1 Å². The summed E-state index contributed by atoms with van der Waals surface area (Å²) in [6, 6.07) is 166. The van der Waals surface area contributed by atoms with Gasteiger partial charge in [0.15, 0.2) is 0 Å². The number of para-hydroxylation sites is 12. The van der Waals surface area contributed by atoms with Crippen molar-refractivity contribution in [3.63, 3.8) is 0 Å². The van der Waals surface area contributed by atoms with Crippen LogP contribution in [0.2, 0.25) is 0 Å². The molecule has 28 aromatic rings. The first kappa shape index (κ1) is 81.7. The second-order valence-corrected chi connectivity index (χ2v) is 40.1. The molecule has 0 aliphatic carbocycles. The number of rotatable bonds is 7. The summed E-state index contributed by atoms with van der Waals surface area (Å²) in [6.45, 7) is 0.152. The van der Waals surface area contributed by atoms with Crippen molar-refractivity contribution in [1.29, 1.82) is 0 Å². The fourth-order valence-corrected chi connectivity index (χ4v) is 25.7. The summed E-state index contributed by atoms with van der Waals surface area (Å²) in [5, 5.41) is 14.6. The number of hydrogen-bond acceptors (Lipinski definition) is 8. The van der Waals surface area contributed by atoms with E-state index in [0.29, 0.717) is 0 Å². The monoisotopic (exact) mass is 1890 g/mol. The minimum absolute atomic E-state index is 0.0441. The van der Waals surface area contributed by atoms with Crippen LogP contribution in [0.5, 0.6) is 69.0 Å². The molecule has 0 bridgehead atoms. The van der Waals surface area contributed by atoms with E-state index in [4.69, 9.17) is 32.8 Å². The minimum atomic E-state index is 0.0441. The molecule has 0 amide bonds.